The molecule has 0 rings (SSSR count). The fourth-order valence-corrected chi connectivity index (χ4v) is 1.70. The Kier molecular flexibility index (Phi) is 11.3. The van der Waals surface area contributed by atoms with Gasteiger partial charge in [0.25, 0.3) is 0 Å². The molecule has 0 spiro atoms. The van der Waals surface area contributed by atoms with Crippen LogP contribution < -0.4 is 10.6 Å². The molecule has 0 saturated heterocycles. The van der Waals surface area contributed by atoms with Crippen molar-refractivity contribution in [3.05, 3.63) is 0 Å². The van der Waals surface area contributed by atoms with Crippen molar-refractivity contribution >= 4 is 0 Å². The smallest absolute Gasteiger partial charge is 0.00103 e. The van der Waals surface area contributed by atoms with Crippen molar-refractivity contribution in [3.63, 3.8) is 0 Å². The summed E-state index contributed by atoms with van der Waals surface area (Å²) in [6.45, 7) is 12.6. The molecule has 0 aromatic carbocycles. The zero-order valence-electron chi connectivity index (χ0n) is 11.8. The molecule has 0 atom stereocenters. The standard InChI is InChI=1S/C14H32N2/c1-13(2)9-8-11-15-10-6-5-7-12-16-14(3)4/h13-16H,5-12H2,1-4H3. The summed E-state index contributed by atoms with van der Waals surface area (Å²) >= 11 is 0. The van der Waals surface area contributed by atoms with Gasteiger partial charge in [-0.3, -0.25) is 0 Å². The SMILES string of the molecule is CC(C)CCCNCCCCCNC(C)C. The van der Waals surface area contributed by atoms with Gasteiger partial charge in [-0.1, -0.05) is 34.1 Å². The van der Waals surface area contributed by atoms with Crippen LogP contribution in [0.5, 0.6) is 0 Å². The van der Waals surface area contributed by atoms with E-state index in [9.17, 15) is 0 Å². The first-order chi connectivity index (χ1) is 7.63. The number of rotatable bonds is 11. The van der Waals surface area contributed by atoms with Crippen molar-refractivity contribution in [2.75, 3.05) is 19.6 Å². The van der Waals surface area contributed by atoms with Crippen LogP contribution in [0.25, 0.3) is 0 Å². The molecule has 0 radical (unpaired) electrons. The van der Waals surface area contributed by atoms with Crippen LogP contribution in [0.1, 0.15) is 59.8 Å². The largest absolute Gasteiger partial charge is 0.317 e. The highest BCUT2D eigenvalue weighted by molar-refractivity contribution is 4.55. The molecule has 0 aliphatic heterocycles. The number of nitrogens with one attached hydrogen (secondary N) is 2. The van der Waals surface area contributed by atoms with Gasteiger partial charge in [0.15, 0.2) is 0 Å². The molecule has 0 aromatic rings. The molecule has 16 heavy (non-hydrogen) atoms. The molecule has 0 amide bonds. The van der Waals surface area contributed by atoms with Gasteiger partial charge in [-0.25, -0.2) is 0 Å². The van der Waals surface area contributed by atoms with Crippen molar-refractivity contribution in [2.24, 2.45) is 5.92 Å². The lowest BCUT2D eigenvalue weighted by Crippen LogP contribution is -2.24. The molecular weight excluding hydrogens is 196 g/mol. The lowest BCUT2D eigenvalue weighted by Gasteiger charge is -2.08. The first kappa shape index (κ1) is 15.9. The monoisotopic (exact) mass is 228 g/mol. The van der Waals surface area contributed by atoms with Crippen LogP contribution in [0, 0.1) is 5.92 Å². The van der Waals surface area contributed by atoms with Crippen LogP contribution >= 0.6 is 0 Å². The maximum absolute atomic E-state index is 3.52. The van der Waals surface area contributed by atoms with Crippen LogP contribution in [0.3, 0.4) is 0 Å². The molecule has 0 heterocycles. The molecule has 2 heteroatoms. The average molecular weight is 228 g/mol. The Balaban J connectivity index is 2.93. The summed E-state index contributed by atoms with van der Waals surface area (Å²) in [6, 6.07) is 0.633. The highest BCUT2D eigenvalue weighted by Gasteiger charge is 1.94. The van der Waals surface area contributed by atoms with Gasteiger partial charge in [-0.05, 0) is 51.2 Å². The fourth-order valence-electron chi connectivity index (χ4n) is 1.70. The quantitative estimate of drug-likeness (QED) is 0.531. The lowest BCUT2D eigenvalue weighted by atomic mass is 10.1. The summed E-state index contributed by atoms with van der Waals surface area (Å²) in [6.07, 6.45) is 6.65. The van der Waals surface area contributed by atoms with Gasteiger partial charge < -0.3 is 10.6 Å². The van der Waals surface area contributed by atoms with Crippen molar-refractivity contribution in [1.29, 1.82) is 0 Å². The molecule has 2 nitrogen and oxygen atoms in total. The lowest BCUT2D eigenvalue weighted by molar-refractivity contribution is 0.509. The summed E-state index contributed by atoms with van der Waals surface area (Å²) in [7, 11) is 0. The molecule has 2 N–H and O–H groups in total. The predicted octanol–water partition coefficient (Wildman–Crippen LogP) is 3.18. The molecule has 0 aromatic heterocycles. The van der Waals surface area contributed by atoms with E-state index in [0.29, 0.717) is 6.04 Å². The summed E-state index contributed by atoms with van der Waals surface area (Å²) < 4.78 is 0. The Bertz CT molecular complexity index is 117. The normalized spacial score (nSPS) is 11.6. The van der Waals surface area contributed by atoms with E-state index in [4.69, 9.17) is 0 Å². The number of hydrogen-bond donors (Lipinski definition) is 2. The van der Waals surface area contributed by atoms with Gasteiger partial charge in [0.1, 0.15) is 0 Å². The summed E-state index contributed by atoms with van der Waals surface area (Å²) in [5.74, 6) is 0.851. The highest BCUT2D eigenvalue weighted by Crippen LogP contribution is 2.01. The molecule has 0 bridgehead atoms. The summed E-state index contributed by atoms with van der Waals surface area (Å²) in [4.78, 5) is 0. The Labute approximate surface area is 103 Å². The molecule has 98 valence electrons. The van der Waals surface area contributed by atoms with Crippen molar-refractivity contribution in [1.82, 2.24) is 10.6 Å². The highest BCUT2D eigenvalue weighted by atomic mass is 14.9. The molecule has 0 aliphatic rings. The summed E-state index contributed by atoms with van der Waals surface area (Å²) in [5, 5.41) is 6.97. The first-order valence-corrected chi connectivity index (χ1v) is 7.07. The molecule has 0 aliphatic carbocycles. The summed E-state index contributed by atoms with van der Waals surface area (Å²) in [5.41, 5.74) is 0. The van der Waals surface area contributed by atoms with Crippen molar-refractivity contribution in [2.45, 2.75) is 65.8 Å². The van der Waals surface area contributed by atoms with Crippen molar-refractivity contribution in [3.8, 4) is 0 Å². The van der Waals surface area contributed by atoms with Gasteiger partial charge in [0.2, 0.25) is 0 Å². The second kappa shape index (κ2) is 11.4. The van der Waals surface area contributed by atoms with E-state index in [1.807, 2.05) is 0 Å². The minimum Gasteiger partial charge on any atom is -0.317 e. The van der Waals surface area contributed by atoms with E-state index in [0.717, 1.165) is 5.92 Å². The Morgan fingerprint density at radius 2 is 1.38 bits per heavy atom. The average Bonchev–Trinajstić information content (AvgIpc) is 2.20. The molecular formula is C14H32N2. The van der Waals surface area contributed by atoms with Crippen LogP contribution in [-0.4, -0.2) is 25.7 Å². The third-order valence-corrected chi connectivity index (χ3v) is 2.72. The van der Waals surface area contributed by atoms with Gasteiger partial charge in [0.05, 0.1) is 0 Å². The van der Waals surface area contributed by atoms with Crippen LogP contribution in [0.15, 0.2) is 0 Å². The Morgan fingerprint density at radius 3 is 2.00 bits per heavy atom. The maximum Gasteiger partial charge on any atom is 0.00103 e. The Hall–Kier alpha value is -0.0800. The first-order valence-electron chi connectivity index (χ1n) is 7.07. The second-order valence-corrected chi connectivity index (χ2v) is 5.46. The fraction of sp³-hybridized carbons (Fsp3) is 1.00. The minimum atomic E-state index is 0.633. The van der Waals surface area contributed by atoms with Crippen LogP contribution in [0.4, 0.5) is 0 Å². The van der Waals surface area contributed by atoms with Crippen LogP contribution in [-0.2, 0) is 0 Å². The van der Waals surface area contributed by atoms with E-state index < -0.39 is 0 Å². The zero-order chi connectivity index (χ0) is 12.2. The van der Waals surface area contributed by atoms with E-state index in [2.05, 4.69) is 38.3 Å². The molecule has 0 fully saturated rings. The third kappa shape index (κ3) is 13.9. The number of hydrogen-bond acceptors (Lipinski definition) is 2. The van der Waals surface area contributed by atoms with Crippen molar-refractivity contribution < 1.29 is 0 Å². The van der Waals surface area contributed by atoms with Gasteiger partial charge in [0, 0.05) is 6.04 Å². The Morgan fingerprint density at radius 1 is 0.750 bits per heavy atom. The van der Waals surface area contributed by atoms with E-state index in [1.54, 1.807) is 0 Å². The van der Waals surface area contributed by atoms with Gasteiger partial charge >= 0.3 is 0 Å². The third-order valence-electron chi connectivity index (χ3n) is 2.72. The maximum atomic E-state index is 3.52. The van der Waals surface area contributed by atoms with Gasteiger partial charge in [-0.2, -0.15) is 0 Å². The minimum absolute atomic E-state index is 0.633. The van der Waals surface area contributed by atoms with Crippen LogP contribution in [0.2, 0.25) is 0 Å². The second-order valence-electron chi connectivity index (χ2n) is 5.46. The van der Waals surface area contributed by atoms with Gasteiger partial charge in [-0.15, -0.1) is 0 Å². The topological polar surface area (TPSA) is 24.1 Å². The zero-order valence-corrected chi connectivity index (χ0v) is 11.8. The molecule has 0 unspecified atom stereocenters. The predicted molar refractivity (Wildman–Crippen MR) is 73.9 cm³/mol. The van der Waals surface area contributed by atoms with E-state index in [1.165, 1.54) is 51.7 Å². The van der Waals surface area contributed by atoms with E-state index >= 15 is 0 Å². The number of unbranched alkanes of at least 4 members (excludes halogenated alkanes) is 2. The van der Waals surface area contributed by atoms with E-state index in [-0.39, 0.29) is 0 Å². The molecule has 0 saturated carbocycles.